The molecule has 0 saturated heterocycles. The highest BCUT2D eigenvalue weighted by molar-refractivity contribution is 7.25. The van der Waals surface area contributed by atoms with Crippen molar-refractivity contribution in [3.8, 4) is 0 Å². The summed E-state index contributed by atoms with van der Waals surface area (Å²) >= 11 is 0. The topological polar surface area (TPSA) is 20.2 Å². The van der Waals surface area contributed by atoms with E-state index in [4.69, 9.17) is 23.5 Å². The molecule has 1 rings (SSSR count). The standard InChI is InChI=1S/C8H9B3OP2/c9-7(10,13)5-2-1-3-6(4-5)8(11,12)14/h1-4,12H,13-14H2. The zero-order valence-corrected chi connectivity index (χ0v) is 9.95. The number of hydrogen-bond donors (Lipinski definition) is 1. The van der Waals surface area contributed by atoms with Gasteiger partial charge in [-0.3, -0.25) is 0 Å². The van der Waals surface area contributed by atoms with Crippen LogP contribution in [0, 0.1) is 0 Å². The molecular weight excluding hydrogens is 206 g/mol. The van der Waals surface area contributed by atoms with E-state index in [1.165, 1.54) is 0 Å². The fourth-order valence-electron chi connectivity index (χ4n) is 1.04. The molecule has 3 atom stereocenters. The van der Waals surface area contributed by atoms with Crippen molar-refractivity contribution in [2.24, 2.45) is 0 Å². The SMILES string of the molecule is [B]C([B])(P)c1cccc(C([B])(O)P)c1. The highest BCUT2D eigenvalue weighted by Gasteiger charge is 2.19. The first-order valence-corrected chi connectivity index (χ1v) is 5.14. The van der Waals surface area contributed by atoms with Gasteiger partial charge in [-0.15, -0.1) is 18.5 Å². The molecule has 66 valence electrons. The molecule has 1 N–H and O–H groups in total. The predicted octanol–water partition coefficient (Wildman–Crippen LogP) is 0.155. The summed E-state index contributed by atoms with van der Waals surface area (Å²) < 4.78 is 0. The van der Waals surface area contributed by atoms with Crippen LogP contribution in [0.15, 0.2) is 24.3 Å². The van der Waals surface area contributed by atoms with Crippen LogP contribution < -0.4 is 0 Å². The van der Waals surface area contributed by atoms with E-state index in [0.29, 0.717) is 11.1 Å². The van der Waals surface area contributed by atoms with Crippen LogP contribution in [-0.4, -0.2) is 28.6 Å². The van der Waals surface area contributed by atoms with Crippen molar-refractivity contribution in [3.63, 3.8) is 0 Å². The van der Waals surface area contributed by atoms with Crippen LogP contribution in [0.3, 0.4) is 0 Å². The smallest absolute Gasteiger partial charge is 0.125 e. The molecule has 0 aliphatic carbocycles. The maximum atomic E-state index is 9.53. The lowest BCUT2D eigenvalue weighted by atomic mass is 9.65. The van der Waals surface area contributed by atoms with Crippen molar-refractivity contribution >= 4 is 42.0 Å². The average Bonchev–Trinajstić information content (AvgIpc) is 2.01. The van der Waals surface area contributed by atoms with Gasteiger partial charge in [-0.1, -0.05) is 34.8 Å². The Balaban J connectivity index is 3.15. The molecule has 0 aromatic heterocycles. The molecule has 1 aromatic rings. The molecule has 1 nitrogen and oxygen atoms in total. The summed E-state index contributed by atoms with van der Waals surface area (Å²) in [5.74, 6) is 0. The fourth-order valence-corrected chi connectivity index (χ4v) is 1.40. The lowest BCUT2D eigenvalue weighted by Crippen LogP contribution is -2.21. The summed E-state index contributed by atoms with van der Waals surface area (Å²) in [7, 11) is 21.3. The van der Waals surface area contributed by atoms with Gasteiger partial charge < -0.3 is 5.11 Å². The zero-order chi connectivity index (χ0) is 11.0. The van der Waals surface area contributed by atoms with Crippen molar-refractivity contribution in [2.45, 2.75) is 10.2 Å². The third-order valence-corrected chi connectivity index (χ3v) is 2.49. The first kappa shape index (κ1) is 12.3. The number of hydrogen-bond acceptors (Lipinski definition) is 1. The number of aliphatic hydroxyl groups is 1. The Hall–Kier alpha value is 0.235. The van der Waals surface area contributed by atoms with E-state index >= 15 is 0 Å². The van der Waals surface area contributed by atoms with Crippen LogP contribution in [0.5, 0.6) is 0 Å². The molecular formula is C8H9B3OP2. The minimum absolute atomic E-state index is 0.544. The van der Waals surface area contributed by atoms with Crippen LogP contribution >= 0.6 is 18.5 Å². The summed E-state index contributed by atoms with van der Waals surface area (Å²) in [5.41, 5.74) is 1.23. The molecule has 14 heavy (non-hydrogen) atoms. The molecule has 0 amide bonds. The van der Waals surface area contributed by atoms with Gasteiger partial charge in [0.25, 0.3) is 0 Å². The van der Waals surface area contributed by atoms with Gasteiger partial charge in [0, 0.05) is 0 Å². The number of rotatable bonds is 2. The molecule has 0 spiro atoms. The van der Waals surface area contributed by atoms with Crippen LogP contribution in [0.1, 0.15) is 11.1 Å². The zero-order valence-electron chi connectivity index (χ0n) is 7.64. The lowest BCUT2D eigenvalue weighted by molar-refractivity contribution is 0.225. The molecule has 1 aromatic carbocycles. The molecule has 0 heterocycles. The van der Waals surface area contributed by atoms with E-state index in [9.17, 15) is 5.11 Å². The fraction of sp³-hybridized carbons (Fsp3) is 0.250. The average molecular weight is 216 g/mol. The molecule has 0 saturated carbocycles. The Labute approximate surface area is 93.1 Å². The Morgan fingerprint density at radius 2 is 1.57 bits per heavy atom. The lowest BCUT2D eigenvalue weighted by Gasteiger charge is -2.24. The molecule has 6 radical (unpaired) electrons. The van der Waals surface area contributed by atoms with Crippen molar-refractivity contribution in [3.05, 3.63) is 35.4 Å². The van der Waals surface area contributed by atoms with Crippen molar-refractivity contribution in [1.82, 2.24) is 0 Å². The Bertz CT molecular complexity index is 301. The Morgan fingerprint density at radius 1 is 1.07 bits per heavy atom. The second-order valence-corrected chi connectivity index (χ2v) is 5.17. The first-order chi connectivity index (χ1) is 6.21. The van der Waals surface area contributed by atoms with Gasteiger partial charge in [-0.05, 0) is 5.56 Å². The largest absolute Gasteiger partial charge is 0.391 e. The van der Waals surface area contributed by atoms with E-state index in [2.05, 4.69) is 18.5 Å². The van der Waals surface area contributed by atoms with E-state index in [-0.39, 0.29) is 0 Å². The molecule has 0 aliphatic rings. The first-order valence-electron chi connectivity index (χ1n) is 3.99. The van der Waals surface area contributed by atoms with Gasteiger partial charge in [0.15, 0.2) is 0 Å². The molecule has 0 aliphatic heterocycles. The van der Waals surface area contributed by atoms with Crippen LogP contribution in [0.4, 0.5) is 0 Å². The second-order valence-electron chi connectivity index (χ2n) is 3.34. The van der Waals surface area contributed by atoms with Crippen LogP contribution in [0.2, 0.25) is 0 Å². The van der Waals surface area contributed by atoms with E-state index in [1.807, 2.05) is 0 Å². The predicted molar refractivity (Wildman–Crippen MR) is 68.7 cm³/mol. The second kappa shape index (κ2) is 4.01. The normalized spacial score (nSPS) is 16.2. The molecule has 0 fully saturated rings. The minimum atomic E-state index is -1.45. The van der Waals surface area contributed by atoms with E-state index in [0.717, 1.165) is 0 Å². The monoisotopic (exact) mass is 216 g/mol. The maximum absolute atomic E-state index is 9.53. The van der Waals surface area contributed by atoms with E-state index < -0.39 is 10.2 Å². The highest BCUT2D eigenvalue weighted by atomic mass is 31.0. The van der Waals surface area contributed by atoms with Gasteiger partial charge in [0.1, 0.15) is 7.85 Å². The van der Waals surface area contributed by atoms with Crippen molar-refractivity contribution < 1.29 is 5.11 Å². The number of benzene rings is 1. The van der Waals surface area contributed by atoms with Gasteiger partial charge in [-0.25, -0.2) is 0 Å². The van der Waals surface area contributed by atoms with Crippen LogP contribution in [0.25, 0.3) is 0 Å². The van der Waals surface area contributed by atoms with Gasteiger partial charge in [0.05, 0.1) is 20.9 Å². The summed E-state index contributed by atoms with van der Waals surface area (Å²) in [6.07, 6.45) is 0. The van der Waals surface area contributed by atoms with Crippen molar-refractivity contribution in [1.29, 1.82) is 0 Å². The Kier molecular flexibility index (Phi) is 3.52. The van der Waals surface area contributed by atoms with Gasteiger partial charge in [0.2, 0.25) is 0 Å². The van der Waals surface area contributed by atoms with E-state index in [1.54, 1.807) is 24.3 Å². The van der Waals surface area contributed by atoms with Gasteiger partial charge in [-0.2, -0.15) is 0 Å². The summed E-state index contributed by atoms with van der Waals surface area (Å²) in [4.78, 5) is -1.01. The summed E-state index contributed by atoms with van der Waals surface area (Å²) in [6, 6.07) is 6.88. The summed E-state index contributed by atoms with van der Waals surface area (Å²) in [5, 5.41) is 8.08. The summed E-state index contributed by atoms with van der Waals surface area (Å²) in [6.45, 7) is 0. The third-order valence-electron chi connectivity index (χ3n) is 1.83. The molecule has 6 heteroatoms. The third kappa shape index (κ3) is 3.12. The molecule has 3 unspecified atom stereocenters. The maximum Gasteiger partial charge on any atom is 0.125 e. The quantitative estimate of drug-likeness (QED) is 0.550. The highest BCUT2D eigenvalue weighted by Crippen LogP contribution is 2.30. The minimum Gasteiger partial charge on any atom is -0.391 e. The van der Waals surface area contributed by atoms with Crippen molar-refractivity contribution in [2.75, 3.05) is 0 Å². The Morgan fingerprint density at radius 3 is 2.00 bits per heavy atom. The van der Waals surface area contributed by atoms with Gasteiger partial charge >= 0.3 is 0 Å². The van der Waals surface area contributed by atoms with Crippen LogP contribution in [-0.2, 0) is 10.2 Å². The molecule has 0 bridgehead atoms.